The molecule has 0 spiro atoms. The van der Waals surface area contributed by atoms with Crippen molar-refractivity contribution in [2.75, 3.05) is 154 Å². The van der Waals surface area contributed by atoms with Crippen molar-refractivity contribution in [1.82, 2.24) is 79.7 Å². The number of amides is 4. The number of para-hydroxylation sites is 6. The Morgan fingerprint density at radius 2 is 0.875 bits per heavy atom. The van der Waals surface area contributed by atoms with E-state index < -0.39 is 15.6 Å². The van der Waals surface area contributed by atoms with Crippen LogP contribution in [0, 0.1) is 0 Å². The second-order valence-electron chi connectivity index (χ2n) is 30.0. The van der Waals surface area contributed by atoms with Gasteiger partial charge in [0.2, 0.25) is 10.0 Å². The summed E-state index contributed by atoms with van der Waals surface area (Å²) in [5.41, 5.74) is 18.4. The number of rotatable bonds is 22. The van der Waals surface area contributed by atoms with Crippen molar-refractivity contribution in [3.8, 4) is 59.2 Å². The van der Waals surface area contributed by atoms with Gasteiger partial charge >= 0.3 is 0 Å². The highest BCUT2D eigenvalue weighted by molar-refractivity contribution is 7.89. The van der Waals surface area contributed by atoms with Gasteiger partial charge in [0.15, 0.2) is 10.8 Å². The molecule has 656 valence electrons. The largest absolute Gasteiger partial charge is 0.497 e. The molecule has 4 aliphatic heterocycles. The summed E-state index contributed by atoms with van der Waals surface area (Å²) in [6.07, 6.45) is 11.6. The van der Waals surface area contributed by atoms with Crippen LogP contribution in [-0.4, -0.2) is 220 Å². The monoisotopic (exact) mass is 1830 g/mol. The standard InChI is InChI=1S/C24H26N8O3S2.C23H23N7O2S.C21H20N6OS.C21H22N4O2S2/c1-30(2)37(34,35)18-5-3-17(4-6-18)32-12-8-19(29-32)24-28-21(16-36-24)23(33)27-20-15-26-9-7-22(20)31-13-10-25-11-14-31;1-32-17-4-2-16(3-5-17)30-11-7-18(28-30)23-27-20(15-33-23)22(31)26-19-14-25-8-6-21(19)29-12-9-24-10-13-29;28-20(25-16-7-3-4-8-18(16)27-11-9-22-10-12-27)17-13-29-21(26-17)19-23-14-5-1-2-6-15(14)24-19;1-14(26)21(22)8-10-25(11-9-21)17-6-3-2-5-15(17)23-19(27)16-13-29-20(24-16)18-7-4-12-28-18/h3-9,12,15-16,25H,10-11,13-14H2,1-2H3,(H,27,33);2-8,11,14-15,24H,9-10,12-13H2,1H3,(H,26,31);1-8,13,22H,9-12H2,(H,23,24)(H,25,28);2-7,12-13H,8-11,22H2,1H3,(H,23,27). The van der Waals surface area contributed by atoms with Crippen LogP contribution in [-0.2, 0) is 14.8 Å². The van der Waals surface area contributed by atoms with Gasteiger partial charge in [0.05, 0.1) is 103 Å². The predicted octanol–water partition coefficient (Wildman–Crippen LogP) is 12.7. The highest BCUT2D eigenvalue weighted by atomic mass is 32.2. The summed E-state index contributed by atoms with van der Waals surface area (Å²) in [6.45, 7) is 13.7. The van der Waals surface area contributed by atoms with Gasteiger partial charge < -0.3 is 72.3 Å². The Morgan fingerprint density at radius 1 is 0.461 bits per heavy atom. The van der Waals surface area contributed by atoms with Crippen LogP contribution in [0.4, 0.5) is 45.5 Å². The molecular weight excluding hydrogens is 1740 g/mol. The molecule has 128 heavy (non-hydrogen) atoms. The summed E-state index contributed by atoms with van der Waals surface area (Å²) in [4.78, 5) is 108. The van der Waals surface area contributed by atoms with E-state index in [0.717, 1.165) is 145 Å². The van der Waals surface area contributed by atoms with E-state index in [1.165, 1.54) is 63.7 Å². The second-order valence-corrected chi connectivity index (χ2v) is 36.6. The van der Waals surface area contributed by atoms with E-state index >= 15 is 0 Å². The maximum absolute atomic E-state index is 13.0. The molecule has 39 heteroatoms. The molecule has 4 amide bonds. The number of aromatic amines is 1. The number of sulfonamides is 1. The number of nitrogens with zero attached hydrogens (tertiary/aromatic N) is 16. The fraction of sp³-hybridized carbons (Fsp3) is 0.236. The number of ketones is 1. The van der Waals surface area contributed by atoms with Crippen molar-refractivity contribution < 1.29 is 37.1 Å². The van der Waals surface area contributed by atoms with E-state index in [-0.39, 0.29) is 34.3 Å². The lowest BCUT2D eigenvalue weighted by molar-refractivity contribution is -0.122. The number of hydrogen-bond acceptors (Lipinski definition) is 30. The number of benzene rings is 5. The molecule has 0 aliphatic carbocycles. The van der Waals surface area contributed by atoms with Crippen LogP contribution in [0.1, 0.15) is 61.7 Å². The quantitative estimate of drug-likeness (QED) is 0.0304. The fourth-order valence-corrected chi connectivity index (χ4v) is 19.3. The van der Waals surface area contributed by atoms with E-state index in [1.807, 2.05) is 139 Å². The van der Waals surface area contributed by atoms with Crippen LogP contribution in [0.25, 0.3) is 64.5 Å². The van der Waals surface area contributed by atoms with Crippen LogP contribution >= 0.6 is 56.7 Å². The Bertz CT molecular complexity index is 6440. The van der Waals surface area contributed by atoms with Crippen LogP contribution in [0.15, 0.2) is 227 Å². The number of piperidine rings is 1. The molecule has 4 fully saturated rings. The minimum Gasteiger partial charge on any atom is -0.497 e. The highest BCUT2D eigenvalue weighted by Crippen LogP contribution is 2.36. The number of methoxy groups -OCH3 is 1. The lowest BCUT2D eigenvalue weighted by Crippen LogP contribution is -2.55. The summed E-state index contributed by atoms with van der Waals surface area (Å²) in [7, 11) is 1.12. The molecule has 4 saturated heterocycles. The molecule has 4 aliphatic rings. The normalized spacial score (nSPS) is 14.5. The third kappa shape index (κ3) is 21.1. The minimum absolute atomic E-state index is 0.0313. The SMILES string of the molecule is CC(=O)C1(N)CCN(c2ccccc2NC(=O)c2csc(-c3cccs3)n2)CC1.CN(C)S(=O)(=O)c1ccc(-n2ccc(-c3nc(C(=O)Nc4cnccc4N4CCNCC4)cs3)n2)cc1.COc1ccc(-n2ccc(-c3nc(C(=O)Nc4cnccc4N4CCNCC4)cs3)n2)cc1.O=C(Nc1ccccc1N1CCNCC1)c1csc(-c2nc3ccccc3[nH]2)n1. The number of ether oxygens (including phenoxy) is 1. The lowest BCUT2D eigenvalue weighted by atomic mass is 9.85. The Kier molecular flexibility index (Phi) is 28.0. The van der Waals surface area contributed by atoms with Crippen molar-refractivity contribution in [2.45, 2.75) is 30.2 Å². The number of anilines is 8. The number of imidazole rings is 1. The van der Waals surface area contributed by atoms with E-state index in [2.05, 4.69) is 107 Å². The fourth-order valence-electron chi connectivity index (χ4n) is 14.5. The summed E-state index contributed by atoms with van der Waals surface area (Å²) in [5, 5.41) is 42.9. The van der Waals surface area contributed by atoms with Crippen LogP contribution < -0.4 is 67.3 Å². The molecule has 0 atom stereocenters. The molecule has 0 saturated carbocycles. The summed E-state index contributed by atoms with van der Waals surface area (Å²) >= 11 is 7.18. The van der Waals surface area contributed by atoms with Gasteiger partial charge in [-0.2, -0.15) is 10.2 Å². The van der Waals surface area contributed by atoms with Gasteiger partial charge in [-0.15, -0.1) is 56.7 Å². The third-order valence-corrected chi connectivity index (χ3v) is 27.9. The summed E-state index contributed by atoms with van der Waals surface area (Å²) < 4.78 is 34.4. The van der Waals surface area contributed by atoms with Crippen molar-refractivity contribution in [3.63, 3.8) is 0 Å². The van der Waals surface area contributed by atoms with Gasteiger partial charge in [0, 0.05) is 152 Å². The van der Waals surface area contributed by atoms with Crippen LogP contribution in [0.3, 0.4) is 0 Å². The first-order valence-electron chi connectivity index (χ1n) is 41.1. The Balaban J connectivity index is 0.000000126. The van der Waals surface area contributed by atoms with Gasteiger partial charge in [-0.25, -0.2) is 47.0 Å². The molecule has 10 N–H and O–H groups in total. The molecule has 0 bridgehead atoms. The van der Waals surface area contributed by atoms with Crippen molar-refractivity contribution >= 4 is 153 Å². The molecule has 15 aromatic rings. The Labute approximate surface area is 757 Å². The lowest BCUT2D eigenvalue weighted by Gasteiger charge is -2.39. The number of fused-ring (bicyclic) bond motifs is 1. The van der Waals surface area contributed by atoms with Crippen LogP contribution in [0.2, 0.25) is 0 Å². The molecule has 33 nitrogen and oxygen atoms in total. The number of H-pyrrole nitrogens is 1. The highest BCUT2D eigenvalue weighted by Gasteiger charge is 2.36. The number of nitrogens with one attached hydrogen (secondary N) is 8. The maximum Gasteiger partial charge on any atom is 0.275 e. The molecule has 5 aromatic carbocycles. The molecule has 10 aromatic heterocycles. The van der Waals surface area contributed by atoms with Crippen molar-refractivity contribution in [3.05, 3.63) is 245 Å². The number of piperazine rings is 3. The van der Waals surface area contributed by atoms with Gasteiger partial charge in [-0.3, -0.25) is 33.9 Å². The van der Waals surface area contributed by atoms with E-state index in [9.17, 15) is 32.4 Å². The molecule has 0 unspecified atom stereocenters. The van der Waals surface area contributed by atoms with E-state index in [4.69, 9.17) is 10.5 Å². The number of thiophene rings is 1. The topological polar surface area (TPSA) is 397 Å². The first kappa shape index (κ1) is 88.3. The van der Waals surface area contributed by atoms with Crippen molar-refractivity contribution in [1.29, 1.82) is 0 Å². The zero-order valence-electron chi connectivity index (χ0n) is 70.1. The number of carbonyl (C=O) groups is 5. The number of hydrogen-bond donors (Lipinski definition) is 9. The first-order valence-corrected chi connectivity index (χ1v) is 47.0. The summed E-state index contributed by atoms with van der Waals surface area (Å²) in [5.74, 6) is 0.466. The number of pyridine rings is 2. The molecular formula is C89H91N25O8S6. The zero-order chi connectivity index (χ0) is 88.7. The number of carbonyl (C=O) groups excluding carboxylic acids is 5. The van der Waals surface area contributed by atoms with E-state index in [0.29, 0.717) is 98.0 Å². The van der Waals surface area contributed by atoms with Gasteiger partial charge in [0.1, 0.15) is 60.7 Å². The van der Waals surface area contributed by atoms with E-state index in [1.54, 1.807) is 118 Å². The second kappa shape index (κ2) is 40.6. The van der Waals surface area contributed by atoms with Gasteiger partial charge in [-0.05, 0) is 140 Å². The number of aromatic nitrogens is 12. The third-order valence-electron chi connectivity index (χ3n) is 21.6. The minimum atomic E-state index is -3.50. The number of nitrogens with two attached hydrogens (primary N) is 1. The Hall–Kier alpha value is -13.2. The van der Waals surface area contributed by atoms with Crippen molar-refractivity contribution in [2.24, 2.45) is 5.73 Å². The van der Waals surface area contributed by atoms with Crippen LogP contribution in [0.5, 0.6) is 5.75 Å². The Morgan fingerprint density at radius 3 is 1.33 bits per heavy atom. The first-order chi connectivity index (χ1) is 62.3. The molecule has 19 rings (SSSR count). The van der Waals surface area contributed by atoms with Gasteiger partial charge in [0.25, 0.3) is 23.6 Å². The maximum atomic E-state index is 13.0. The smallest absolute Gasteiger partial charge is 0.275 e. The van der Waals surface area contributed by atoms with Gasteiger partial charge in [-0.1, -0.05) is 42.5 Å². The molecule has 14 heterocycles. The zero-order valence-corrected chi connectivity index (χ0v) is 75.0. The average Bonchev–Trinajstić information content (AvgIpc) is 1.51. The molecule has 0 radical (unpaired) electrons. The summed E-state index contributed by atoms with van der Waals surface area (Å²) in [6, 6.07) is 49.0. The predicted molar refractivity (Wildman–Crippen MR) is 507 cm³/mol. The number of Topliss-reactive ketones (excluding diaryl/α,β-unsaturated/α-hetero) is 1. The number of thiazole rings is 4. The average molecular weight is 1830 g/mol.